The van der Waals surface area contributed by atoms with Crippen molar-refractivity contribution in [2.75, 3.05) is 6.61 Å². The van der Waals surface area contributed by atoms with E-state index in [-0.39, 0.29) is 0 Å². The van der Waals surface area contributed by atoms with Crippen molar-refractivity contribution in [3.8, 4) is 0 Å². The third-order valence-electron chi connectivity index (χ3n) is 1.22. The van der Waals surface area contributed by atoms with Crippen LogP contribution >= 0.6 is 0 Å². The third kappa shape index (κ3) is 3.43. The zero-order valence-electron chi connectivity index (χ0n) is 6.31. The first-order valence-corrected chi connectivity index (χ1v) is 5.57. The Bertz CT molecular complexity index is 93.1. The maximum Gasteiger partial charge on any atom is 0.246 e. The Morgan fingerprint density at radius 2 is 2.11 bits per heavy atom. The highest BCUT2D eigenvalue weighted by atomic mass is 28.3. The number of rotatable bonds is 4. The molecular formula is C6H14O2Si. The van der Waals surface area contributed by atoms with E-state index in [1.165, 1.54) is 0 Å². The van der Waals surface area contributed by atoms with Crippen LogP contribution in [0.5, 0.6) is 0 Å². The third-order valence-corrected chi connectivity index (χ3v) is 3.37. The van der Waals surface area contributed by atoms with Crippen LogP contribution in [-0.4, -0.2) is 21.1 Å². The van der Waals surface area contributed by atoms with E-state index >= 15 is 0 Å². The molecule has 0 saturated carbocycles. The van der Waals surface area contributed by atoms with Gasteiger partial charge in [0.05, 0.1) is 0 Å². The predicted molar refractivity (Wildman–Crippen MR) is 39.9 cm³/mol. The lowest BCUT2D eigenvalue weighted by molar-refractivity contribution is -0.113. The Morgan fingerprint density at radius 1 is 1.56 bits per heavy atom. The topological polar surface area (TPSA) is 26.3 Å². The average molecular weight is 146 g/mol. The minimum absolute atomic E-state index is 0.317. The van der Waals surface area contributed by atoms with Crippen molar-refractivity contribution in [1.82, 2.24) is 0 Å². The second-order valence-corrected chi connectivity index (χ2v) is 4.18. The van der Waals surface area contributed by atoms with Crippen molar-refractivity contribution in [1.29, 1.82) is 0 Å². The summed E-state index contributed by atoms with van der Waals surface area (Å²) in [6.07, 6.45) is 0.632. The summed E-state index contributed by atoms with van der Waals surface area (Å²) in [6, 6.07) is 0. The Labute approximate surface area is 57.9 Å². The molecule has 0 spiro atoms. The van der Waals surface area contributed by atoms with Gasteiger partial charge in [0, 0.05) is 13.0 Å². The lowest BCUT2D eigenvalue weighted by Gasteiger charge is -2.05. The first-order valence-electron chi connectivity index (χ1n) is 3.36. The number of carbonyl (C=O) groups is 1. The Kier molecular flexibility index (Phi) is 4.62. The molecule has 0 rings (SSSR count). The van der Waals surface area contributed by atoms with Crippen molar-refractivity contribution >= 4 is 14.4 Å². The minimum atomic E-state index is -1.44. The molecule has 0 bridgehead atoms. The lowest BCUT2D eigenvalue weighted by atomic mass is 10.6. The van der Waals surface area contributed by atoms with Crippen LogP contribution in [0.1, 0.15) is 20.3 Å². The van der Waals surface area contributed by atoms with E-state index in [1.807, 2.05) is 20.4 Å². The van der Waals surface area contributed by atoms with E-state index in [4.69, 9.17) is 4.43 Å². The van der Waals surface area contributed by atoms with Gasteiger partial charge in [-0.15, -0.1) is 0 Å². The highest BCUT2D eigenvalue weighted by Gasteiger charge is 2.11. The van der Waals surface area contributed by atoms with Crippen LogP contribution in [-0.2, 0) is 9.22 Å². The normalized spacial score (nSPS) is 13.2. The highest BCUT2D eigenvalue weighted by molar-refractivity contribution is 6.84. The van der Waals surface area contributed by atoms with Crippen molar-refractivity contribution in [2.24, 2.45) is 0 Å². The summed E-state index contributed by atoms with van der Waals surface area (Å²) in [6.45, 7) is 6.41. The standard InChI is InChI=1S/C6H14O2Si/c1-4-6(7)9(3)8-5-2/h9H,4-5H2,1-3H3. The quantitative estimate of drug-likeness (QED) is 0.551. The summed E-state index contributed by atoms with van der Waals surface area (Å²) in [5, 5.41) is 0.317. The van der Waals surface area contributed by atoms with E-state index in [0.717, 1.165) is 0 Å². The van der Waals surface area contributed by atoms with Crippen LogP contribution < -0.4 is 0 Å². The van der Waals surface area contributed by atoms with Crippen LogP contribution in [0.3, 0.4) is 0 Å². The van der Waals surface area contributed by atoms with Crippen molar-refractivity contribution in [3.05, 3.63) is 0 Å². The van der Waals surface area contributed by atoms with Crippen LogP contribution in [0.4, 0.5) is 0 Å². The molecule has 1 atom stereocenters. The molecule has 54 valence electrons. The first kappa shape index (κ1) is 8.85. The predicted octanol–water partition coefficient (Wildman–Crippen LogP) is 0.895. The Morgan fingerprint density at radius 3 is 2.44 bits per heavy atom. The smallest absolute Gasteiger partial charge is 0.246 e. The molecule has 2 nitrogen and oxygen atoms in total. The monoisotopic (exact) mass is 146 g/mol. The number of hydrogen-bond acceptors (Lipinski definition) is 2. The van der Waals surface area contributed by atoms with Crippen LogP contribution in [0, 0.1) is 0 Å². The molecule has 0 aliphatic carbocycles. The summed E-state index contributed by atoms with van der Waals surface area (Å²) in [4.78, 5) is 10.8. The SMILES string of the molecule is CCO[SiH](C)C(=O)CC. The van der Waals surface area contributed by atoms with Crippen molar-refractivity contribution in [3.63, 3.8) is 0 Å². The van der Waals surface area contributed by atoms with Gasteiger partial charge in [-0.3, -0.25) is 0 Å². The van der Waals surface area contributed by atoms with Gasteiger partial charge in [0.25, 0.3) is 0 Å². The van der Waals surface area contributed by atoms with Gasteiger partial charge in [-0.1, -0.05) is 6.92 Å². The maximum atomic E-state index is 10.8. The number of hydrogen-bond donors (Lipinski definition) is 0. The maximum absolute atomic E-state index is 10.8. The van der Waals surface area contributed by atoms with Gasteiger partial charge in [0.2, 0.25) is 9.04 Å². The van der Waals surface area contributed by atoms with E-state index < -0.39 is 9.04 Å². The molecule has 0 heterocycles. The molecule has 0 aromatic rings. The van der Waals surface area contributed by atoms with E-state index in [0.29, 0.717) is 18.4 Å². The van der Waals surface area contributed by atoms with Crippen LogP contribution in [0.2, 0.25) is 6.55 Å². The molecule has 3 heteroatoms. The largest absolute Gasteiger partial charge is 0.413 e. The molecule has 9 heavy (non-hydrogen) atoms. The van der Waals surface area contributed by atoms with Crippen molar-refractivity contribution < 1.29 is 9.22 Å². The van der Waals surface area contributed by atoms with Gasteiger partial charge >= 0.3 is 0 Å². The van der Waals surface area contributed by atoms with E-state index in [1.54, 1.807) is 0 Å². The molecule has 0 aliphatic heterocycles. The molecule has 0 radical (unpaired) electrons. The fourth-order valence-corrected chi connectivity index (χ4v) is 1.89. The molecule has 0 saturated heterocycles. The Hall–Kier alpha value is -0.153. The second-order valence-electron chi connectivity index (χ2n) is 1.92. The van der Waals surface area contributed by atoms with Gasteiger partial charge in [-0.25, -0.2) is 0 Å². The number of carbonyl (C=O) groups excluding carboxylic acids is 1. The van der Waals surface area contributed by atoms with Gasteiger partial charge in [-0.05, 0) is 13.5 Å². The molecule has 1 unspecified atom stereocenters. The summed E-state index contributed by atoms with van der Waals surface area (Å²) < 4.78 is 5.18. The van der Waals surface area contributed by atoms with E-state index in [2.05, 4.69) is 0 Å². The zero-order valence-corrected chi connectivity index (χ0v) is 7.46. The summed E-state index contributed by atoms with van der Waals surface area (Å²) >= 11 is 0. The van der Waals surface area contributed by atoms with E-state index in [9.17, 15) is 4.79 Å². The zero-order chi connectivity index (χ0) is 7.28. The van der Waals surface area contributed by atoms with Crippen molar-refractivity contribution in [2.45, 2.75) is 26.8 Å². The summed E-state index contributed by atoms with van der Waals surface area (Å²) in [5.41, 5.74) is 0. The fourth-order valence-electron chi connectivity index (χ4n) is 0.630. The molecule has 0 N–H and O–H groups in total. The molecule has 0 fully saturated rings. The van der Waals surface area contributed by atoms with Gasteiger partial charge < -0.3 is 9.22 Å². The fraction of sp³-hybridized carbons (Fsp3) is 0.833. The van der Waals surface area contributed by atoms with Gasteiger partial charge in [0.15, 0.2) is 0 Å². The van der Waals surface area contributed by atoms with Crippen LogP contribution in [0.25, 0.3) is 0 Å². The highest BCUT2D eigenvalue weighted by Crippen LogP contribution is 1.90. The van der Waals surface area contributed by atoms with Gasteiger partial charge in [-0.2, -0.15) is 0 Å². The second kappa shape index (κ2) is 4.70. The Balaban J connectivity index is 3.45. The molecule has 0 aromatic carbocycles. The van der Waals surface area contributed by atoms with Crippen LogP contribution in [0.15, 0.2) is 0 Å². The minimum Gasteiger partial charge on any atom is -0.413 e. The lowest BCUT2D eigenvalue weighted by Crippen LogP contribution is -2.24. The van der Waals surface area contributed by atoms with Gasteiger partial charge in [0.1, 0.15) is 5.41 Å². The average Bonchev–Trinajstić information content (AvgIpc) is 1.87. The molecule has 0 aromatic heterocycles. The first-order chi connectivity index (χ1) is 4.22. The summed E-state index contributed by atoms with van der Waals surface area (Å²) in [5.74, 6) is 0. The molecule has 0 aliphatic rings. The molecule has 0 amide bonds. The molecular weight excluding hydrogens is 132 g/mol. The summed E-state index contributed by atoms with van der Waals surface area (Å²) in [7, 11) is -1.44.